The van der Waals surface area contributed by atoms with Crippen molar-refractivity contribution in [3.8, 4) is 0 Å². The molecule has 1 aromatic carbocycles. The highest BCUT2D eigenvalue weighted by molar-refractivity contribution is 5.94. The van der Waals surface area contributed by atoms with Crippen LogP contribution in [0.3, 0.4) is 0 Å². The second-order valence-corrected chi connectivity index (χ2v) is 8.90. The van der Waals surface area contributed by atoms with Crippen molar-refractivity contribution < 1.29 is 28.6 Å². The molecule has 1 atom stereocenters. The van der Waals surface area contributed by atoms with Gasteiger partial charge in [-0.1, -0.05) is 30.2 Å². The lowest BCUT2D eigenvalue weighted by atomic mass is 10.1. The van der Waals surface area contributed by atoms with Gasteiger partial charge in [0.15, 0.2) is 5.69 Å². The van der Waals surface area contributed by atoms with E-state index in [4.69, 9.17) is 4.74 Å². The summed E-state index contributed by atoms with van der Waals surface area (Å²) >= 11 is 0. The molecule has 0 spiro atoms. The highest BCUT2D eigenvalue weighted by atomic mass is 19.1. The molecule has 1 unspecified atom stereocenters. The minimum absolute atomic E-state index is 0.0122. The fourth-order valence-corrected chi connectivity index (χ4v) is 3.06. The van der Waals surface area contributed by atoms with Crippen LogP contribution in [0.5, 0.6) is 0 Å². The number of alkyl carbamates (subject to hydrolysis) is 1. The summed E-state index contributed by atoms with van der Waals surface area (Å²) in [5.74, 6) is -2.27. The second-order valence-electron chi connectivity index (χ2n) is 8.90. The van der Waals surface area contributed by atoms with Gasteiger partial charge in [0, 0.05) is 19.5 Å². The summed E-state index contributed by atoms with van der Waals surface area (Å²) in [5.41, 5.74) is 0.0837. The minimum atomic E-state index is -1.20. The molecule has 3 N–H and O–H groups in total. The van der Waals surface area contributed by atoms with Crippen LogP contribution < -0.4 is 10.6 Å². The highest BCUT2D eigenvalue weighted by Gasteiger charge is 2.23. The van der Waals surface area contributed by atoms with E-state index in [1.807, 2.05) is 20.8 Å². The molecule has 2 rings (SSSR count). The number of hydrogen-bond acceptors (Lipinski definition) is 6. The number of benzene rings is 1. The molecule has 0 saturated heterocycles. The standard InChI is InChI=1S/C23H32FN5O5/c1-23(2,3)34-22(33)25-12-6-4-5-7-13-29-15-19(27-28-29)20(30)26-18(21(31)32)14-16-8-10-17(24)11-9-16/h8-11,15,18H,4-7,12-14H2,1-3H3,(H,25,33)(H,26,30)(H,31,32). The number of aliphatic carboxylic acids is 1. The fourth-order valence-electron chi connectivity index (χ4n) is 3.06. The molecule has 10 nitrogen and oxygen atoms in total. The lowest BCUT2D eigenvalue weighted by molar-refractivity contribution is -0.139. The SMILES string of the molecule is CC(C)(C)OC(=O)NCCCCCCn1cc(C(=O)NC(Cc2ccc(F)cc2)C(=O)O)nn1. The molecule has 34 heavy (non-hydrogen) atoms. The van der Waals surface area contributed by atoms with Crippen molar-refractivity contribution in [3.63, 3.8) is 0 Å². The molecule has 0 bridgehead atoms. The predicted molar refractivity (Wildman–Crippen MR) is 122 cm³/mol. The maximum Gasteiger partial charge on any atom is 0.407 e. The lowest BCUT2D eigenvalue weighted by Gasteiger charge is -2.19. The molecular formula is C23H32FN5O5. The van der Waals surface area contributed by atoms with Crippen molar-refractivity contribution in [2.75, 3.05) is 6.54 Å². The summed E-state index contributed by atoms with van der Waals surface area (Å²) in [6.07, 6.45) is 4.48. The van der Waals surface area contributed by atoms with Crippen molar-refractivity contribution >= 4 is 18.0 Å². The average Bonchev–Trinajstić information content (AvgIpc) is 3.22. The Hall–Kier alpha value is -3.50. The van der Waals surface area contributed by atoms with Crippen molar-refractivity contribution in [3.05, 3.63) is 47.5 Å². The van der Waals surface area contributed by atoms with Crippen LogP contribution in [0.25, 0.3) is 0 Å². The predicted octanol–water partition coefficient (Wildman–Crippen LogP) is 2.93. The first-order chi connectivity index (χ1) is 16.0. The van der Waals surface area contributed by atoms with E-state index in [9.17, 15) is 23.9 Å². The Labute approximate surface area is 197 Å². The van der Waals surface area contributed by atoms with Gasteiger partial charge in [0.25, 0.3) is 5.91 Å². The molecule has 186 valence electrons. The quantitative estimate of drug-likeness (QED) is 0.400. The number of unbranched alkanes of at least 4 members (excludes halogenated alkanes) is 3. The number of nitrogens with zero attached hydrogens (tertiary/aromatic N) is 3. The number of amides is 2. The largest absolute Gasteiger partial charge is 0.480 e. The number of aryl methyl sites for hydroxylation is 1. The van der Waals surface area contributed by atoms with Gasteiger partial charge in [0.1, 0.15) is 17.5 Å². The Bertz CT molecular complexity index is 955. The van der Waals surface area contributed by atoms with E-state index in [1.165, 1.54) is 35.1 Å². The van der Waals surface area contributed by atoms with E-state index in [0.29, 0.717) is 18.7 Å². The van der Waals surface area contributed by atoms with Crippen molar-refractivity contribution in [1.82, 2.24) is 25.6 Å². The van der Waals surface area contributed by atoms with Gasteiger partial charge >= 0.3 is 12.1 Å². The normalized spacial score (nSPS) is 12.1. The van der Waals surface area contributed by atoms with Crippen LogP contribution in [-0.2, 0) is 22.5 Å². The van der Waals surface area contributed by atoms with Crippen LogP contribution in [-0.4, -0.2) is 56.3 Å². The van der Waals surface area contributed by atoms with Gasteiger partial charge in [-0.25, -0.2) is 14.0 Å². The van der Waals surface area contributed by atoms with Crippen molar-refractivity contribution in [1.29, 1.82) is 0 Å². The Morgan fingerprint density at radius 2 is 1.79 bits per heavy atom. The number of rotatable bonds is 12. The topological polar surface area (TPSA) is 135 Å². The molecule has 0 fully saturated rings. The van der Waals surface area contributed by atoms with E-state index >= 15 is 0 Å². The summed E-state index contributed by atoms with van der Waals surface area (Å²) in [5, 5.41) is 22.3. The summed E-state index contributed by atoms with van der Waals surface area (Å²) in [6, 6.07) is 4.23. The van der Waals surface area contributed by atoms with E-state index in [-0.39, 0.29) is 12.1 Å². The number of nitrogens with one attached hydrogen (secondary N) is 2. The smallest absolute Gasteiger partial charge is 0.407 e. The molecule has 0 aliphatic rings. The van der Waals surface area contributed by atoms with Crippen LogP contribution in [0, 0.1) is 5.82 Å². The van der Waals surface area contributed by atoms with Crippen LogP contribution in [0.4, 0.5) is 9.18 Å². The molecule has 0 aliphatic carbocycles. The number of hydrogen-bond donors (Lipinski definition) is 3. The third kappa shape index (κ3) is 9.97. The molecule has 0 saturated carbocycles. The van der Waals surface area contributed by atoms with E-state index in [2.05, 4.69) is 20.9 Å². The summed E-state index contributed by atoms with van der Waals surface area (Å²) in [4.78, 5) is 35.5. The van der Waals surface area contributed by atoms with Gasteiger partial charge in [0.05, 0.1) is 6.20 Å². The average molecular weight is 478 g/mol. The van der Waals surface area contributed by atoms with Gasteiger partial charge in [0.2, 0.25) is 0 Å². The van der Waals surface area contributed by atoms with Crippen LogP contribution in [0.15, 0.2) is 30.5 Å². The number of carbonyl (C=O) groups is 3. The number of ether oxygens (including phenoxy) is 1. The molecule has 0 aliphatic heterocycles. The summed E-state index contributed by atoms with van der Waals surface area (Å²) in [7, 11) is 0. The maximum absolute atomic E-state index is 13.0. The van der Waals surface area contributed by atoms with Gasteiger partial charge < -0.3 is 20.5 Å². The maximum atomic E-state index is 13.0. The zero-order valence-corrected chi connectivity index (χ0v) is 19.7. The molecule has 0 radical (unpaired) electrons. The Morgan fingerprint density at radius 3 is 2.44 bits per heavy atom. The van der Waals surface area contributed by atoms with Crippen LogP contribution in [0.1, 0.15) is 62.5 Å². The number of carbonyl (C=O) groups excluding carboxylic acids is 2. The lowest BCUT2D eigenvalue weighted by Crippen LogP contribution is -2.42. The Kier molecular flexibility index (Phi) is 9.96. The first-order valence-electron chi connectivity index (χ1n) is 11.2. The first-order valence-corrected chi connectivity index (χ1v) is 11.2. The summed E-state index contributed by atoms with van der Waals surface area (Å²) in [6.45, 7) is 6.52. The number of aromatic nitrogens is 3. The molecular weight excluding hydrogens is 445 g/mol. The zero-order chi connectivity index (χ0) is 25.1. The second kappa shape index (κ2) is 12.7. The first kappa shape index (κ1) is 26.7. The van der Waals surface area contributed by atoms with Crippen molar-refractivity contribution in [2.45, 2.75) is 71.1 Å². The Morgan fingerprint density at radius 1 is 1.12 bits per heavy atom. The number of halogens is 1. The van der Waals surface area contributed by atoms with E-state index in [1.54, 1.807) is 0 Å². The number of carboxylic acids is 1. The van der Waals surface area contributed by atoms with Gasteiger partial charge in [-0.3, -0.25) is 9.48 Å². The molecule has 1 aromatic heterocycles. The third-order valence-corrected chi connectivity index (χ3v) is 4.71. The van der Waals surface area contributed by atoms with Crippen LogP contribution >= 0.6 is 0 Å². The minimum Gasteiger partial charge on any atom is -0.480 e. The molecule has 2 amide bonds. The van der Waals surface area contributed by atoms with E-state index < -0.39 is 35.4 Å². The molecule has 2 aromatic rings. The number of carboxylic acid groups (broad SMARTS) is 1. The molecule has 1 heterocycles. The van der Waals surface area contributed by atoms with E-state index in [0.717, 1.165) is 25.7 Å². The van der Waals surface area contributed by atoms with Crippen LogP contribution in [0.2, 0.25) is 0 Å². The summed E-state index contributed by atoms with van der Waals surface area (Å²) < 4.78 is 19.7. The molecule has 11 heteroatoms. The van der Waals surface area contributed by atoms with Crippen molar-refractivity contribution in [2.24, 2.45) is 0 Å². The van der Waals surface area contributed by atoms with Gasteiger partial charge in [-0.2, -0.15) is 0 Å². The fraction of sp³-hybridized carbons (Fsp3) is 0.522. The Balaban J connectivity index is 1.70. The highest BCUT2D eigenvalue weighted by Crippen LogP contribution is 2.08. The zero-order valence-electron chi connectivity index (χ0n) is 19.7. The third-order valence-electron chi connectivity index (χ3n) is 4.71. The van der Waals surface area contributed by atoms with Gasteiger partial charge in [-0.15, -0.1) is 5.10 Å². The monoisotopic (exact) mass is 477 g/mol. The van der Waals surface area contributed by atoms with Gasteiger partial charge in [-0.05, 0) is 51.3 Å².